The van der Waals surface area contributed by atoms with Crippen LogP contribution >= 0.6 is 0 Å². The lowest BCUT2D eigenvalue weighted by atomic mass is 9.90. The lowest BCUT2D eigenvalue weighted by molar-refractivity contribution is -0.109. The first kappa shape index (κ1) is 15.5. The van der Waals surface area contributed by atoms with Gasteiger partial charge in [0, 0.05) is 17.9 Å². The minimum atomic E-state index is -0.494. The van der Waals surface area contributed by atoms with Crippen molar-refractivity contribution in [2.45, 2.75) is 44.6 Å². The molecule has 1 saturated carbocycles. The Morgan fingerprint density at radius 3 is 2.57 bits per heavy atom. The summed E-state index contributed by atoms with van der Waals surface area (Å²) in [6.07, 6.45) is 2.23. The van der Waals surface area contributed by atoms with Gasteiger partial charge in [0.05, 0.1) is 0 Å². The fourth-order valence-corrected chi connectivity index (χ4v) is 2.75. The predicted octanol–water partition coefficient (Wildman–Crippen LogP) is 3.06. The van der Waals surface area contributed by atoms with Crippen molar-refractivity contribution < 1.29 is 14.3 Å². The van der Waals surface area contributed by atoms with Crippen molar-refractivity contribution in [2.75, 3.05) is 6.54 Å². The third-order valence-corrected chi connectivity index (χ3v) is 3.89. The highest BCUT2D eigenvalue weighted by Crippen LogP contribution is 2.55. The Balaban J connectivity index is 1.91. The molecule has 1 aromatic carbocycles. The summed E-state index contributed by atoms with van der Waals surface area (Å²) in [6, 6.07) is 10.0. The van der Waals surface area contributed by atoms with Crippen molar-refractivity contribution >= 4 is 12.4 Å². The summed E-state index contributed by atoms with van der Waals surface area (Å²) in [4.78, 5) is 22.8. The maximum absolute atomic E-state index is 11.6. The van der Waals surface area contributed by atoms with E-state index in [0.29, 0.717) is 6.54 Å². The zero-order valence-electron chi connectivity index (χ0n) is 12.9. The number of amides is 1. The number of carbonyl (C=O) groups is 2. The topological polar surface area (TPSA) is 55.4 Å². The van der Waals surface area contributed by atoms with Crippen LogP contribution in [0.2, 0.25) is 0 Å². The minimum absolute atomic E-state index is 0.0559. The van der Waals surface area contributed by atoms with Crippen LogP contribution in [-0.4, -0.2) is 24.5 Å². The molecule has 1 aliphatic rings. The van der Waals surface area contributed by atoms with E-state index in [4.69, 9.17) is 4.74 Å². The maximum atomic E-state index is 11.6. The van der Waals surface area contributed by atoms with Crippen LogP contribution in [0.4, 0.5) is 4.79 Å². The number of hydrogen-bond donors (Lipinski definition) is 1. The number of carbonyl (C=O) groups excluding carboxylic acids is 2. The number of ether oxygens (including phenoxy) is 1. The van der Waals surface area contributed by atoms with Crippen molar-refractivity contribution in [3.63, 3.8) is 0 Å². The Morgan fingerprint density at radius 2 is 2.05 bits per heavy atom. The van der Waals surface area contributed by atoms with Gasteiger partial charge in [-0.3, -0.25) is 0 Å². The van der Waals surface area contributed by atoms with E-state index in [2.05, 4.69) is 17.4 Å². The molecule has 1 aliphatic carbocycles. The van der Waals surface area contributed by atoms with Gasteiger partial charge < -0.3 is 14.8 Å². The highest BCUT2D eigenvalue weighted by atomic mass is 16.6. The second-order valence-corrected chi connectivity index (χ2v) is 6.65. The van der Waals surface area contributed by atoms with E-state index >= 15 is 0 Å². The van der Waals surface area contributed by atoms with Gasteiger partial charge in [-0.15, -0.1) is 0 Å². The molecule has 0 spiro atoms. The fraction of sp³-hybridized carbons (Fsp3) is 0.529. The van der Waals surface area contributed by atoms with Gasteiger partial charge in [-0.2, -0.15) is 0 Å². The van der Waals surface area contributed by atoms with E-state index in [0.717, 1.165) is 19.1 Å². The van der Waals surface area contributed by atoms with Crippen molar-refractivity contribution in [2.24, 2.45) is 5.92 Å². The summed E-state index contributed by atoms with van der Waals surface area (Å²) in [7, 11) is 0. The number of benzene rings is 1. The molecule has 0 aliphatic heterocycles. The van der Waals surface area contributed by atoms with Crippen LogP contribution < -0.4 is 5.32 Å². The zero-order chi connectivity index (χ0) is 15.5. The van der Waals surface area contributed by atoms with E-state index in [1.54, 1.807) is 0 Å². The monoisotopic (exact) mass is 289 g/mol. The lowest BCUT2D eigenvalue weighted by Gasteiger charge is -2.21. The quantitative estimate of drug-likeness (QED) is 0.848. The van der Waals surface area contributed by atoms with Gasteiger partial charge in [-0.05, 0) is 39.2 Å². The Hall–Kier alpha value is -1.84. The van der Waals surface area contributed by atoms with Crippen molar-refractivity contribution in [1.29, 1.82) is 0 Å². The van der Waals surface area contributed by atoms with Crippen molar-refractivity contribution in [1.82, 2.24) is 5.32 Å². The average Bonchev–Trinajstić information content (AvgIpc) is 3.13. The summed E-state index contributed by atoms with van der Waals surface area (Å²) in [5, 5.41) is 2.77. The molecule has 2 atom stereocenters. The molecular formula is C17H23NO3. The molecule has 2 rings (SSSR count). The van der Waals surface area contributed by atoms with Crippen LogP contribution in [0.5, 0.6) is 0 Å². The molecule has 1 aromatic rings. The largest absolute Gasteiger partial charge is 0.444 e. The molecule has 0 bridgehead atoms. The normalized spacial score (nSPS) is 24.2. The first-order valence-corrected chi connectivity index (χ1v) is 7.35. The van der Waals surface area contributed by atoms with E-state index in [9.17, 15) is 9.59 Å². The molecule has 1 amide bonds. The molecule has 21 heavy (non-hydrogen) atoms. The van der Waals surface area contributed by atoms with Crippen molar-refractivity contribution in [3.8, 4) is 0 Å². The lowest BCUT2D eigenvalue weighted by Crippen LogP contribution is -2.34. The molecule has 0 saturated heterocycles. The van der Waals surface area contributed by atoms with Crippen LogP contribution in [-0.2, 0) is 14.9 Å². The Bertz CT molecular complexity index is 507. The van der Waals surface area contributed by atoms with Crippen LogP contribution in [0.1, 0.15) is 39.2 Å². The van der Waals surface area contributed by atoms with Gasteiger partial charge in [0.2, 0.25) is 0 Å². The molecule has 1 N–H and O–H groups in total. The molecule has 0 aromatic heterocycles. The molecular weight excluding hydrogens is 266 g/mol. The Morgan fingerprint density at radius 1 is 1.38 bits per heavy atom. The number of rotatable bonds is 5. The summed E-state index contributed by atoms with van der Waals surface area (Å²) in [5.41, 5.74) is 0.567. The van der Waals surface area contributed by atoms with E-state index in [1.165, 1.54) is 5.56 Å². The van der Waals surface area contributed by atoms with Crippen molar-refractivity contribution in [3.05, 3.63) is 35.9 Å². The molecule has 1 fully saturated rings. The third-order valence-electron chi connectivity index (χ3n) is 3.89. The highest BCUT2D eigenvalue weighted by Gasteiger charge is 2.54. The molecule has 114 valence electrons. The van der Waals surface area contributed by atoms with E-state index < -0.39 is 11.7 Å². The Kier molecular flexibility index (Phi) is 4.35. The number of hydrogen-bond acceptors (Lipinski definition) is 3. The Labute approximate surface area is 125 Å². The van der Waals surface area contributed by atoms with Gasteiger partial charge in [-0.1, -0.05) is 30.3 Å². The van der Waals surface area contributed by atoms with Gasteiger partial charge >= 0.3 is 6.09 Å². The summed E-state index contributed by atoms with van der Waals surface area (Å²) < 4.78 is 5.21. The summed E-state index contributed by atoms with van der Waals surface area (Å²) in [6.45, 7) is 6.01. The van der Waals surface area contributed by atoms with E-state index in [-0.39, 0.29) is 11.3 Å². The van der Waals surface area contributed by atoms with E-state index in [1.807, 2.05) is 39.0 Å². The first-order chi connectivity index (χ1) is 9.87. The van der Waals surface area contributed by atoms with Gasteiger partial charge in [-0.25, -0.2) is 4.79 Å². The highest BCUT2D eigenvalue weighted by molar-refractivity contribution is 5.68. The van der Waals surface area contributed by atoms with Crippen LogP contribution in [0, 0.1) is 5.92 Å². The smallest absolute Gasteiger partial charge is 0.407 e. The number of nitrogens with one attached hydrogen (secondary N) is 1. The summed E-state index contributed by atoms with van der Waals surface area (Å²) >= 11 is 0. The fourth-order valence-electron chi connectivity index (χ4n) is 2.75. The second kappa shape index (κ2) is 5.88. The minimum Gasteiger partial charge on any atom is -0.444 e. The third kappa shape index (κ3) is 3.84. The molecule has 0 radical (unpaired) electrons. The standard InChI is InChI=1S/C17H23NO3/c1-16(2,3)21-15(20)18-10-9-17(11-14(17)12-19)13-7-5-4-6-8-13/h4-8,12,14H,9-11H2,1-3H3,(H,18,20)/t14-,17+/m0/s1. The van der Waals surface area contributed by atoms with Crippen LogP contribution in [0.25, 0.3) is 0 Å². The average molecular weight is 289 g/mol. The van der Waals surface area contributed by atoms with Crippen LogP contribution in [0.3, 0.4) is 0 Å². The van der Waals surface area contributed by atoms with Crippen LogP contribution in [0.15, 0.2) is 30.3 Å². The SMILES string of the molecule is CC(C)(C)OC(=O)NCC[C@]1(c2ccccc2)C[C@H]1C=O. The first-order valence-electron chi connectivity index (χ1n) is 7.35. The zero-order valence-corrected chi connectivity index (χ0v) is 12.9. The van der Waals surface area contributed by atoms with Gasteiger partial charge in [0.25, 0.3) is 0 Å². The summed E-state index contributed by atoms with van der Waals surface area (Å²) in [5.74, 6) is 0.0559. The predicted molar refractivity (Wildman–Crippen MR) is 81.1 cm³/mol. The second-order valence-electron chi connectivity index (χ2n) is 6.65. The van der Waals surface area contributed by atoms with Gasteiger partial charge in [0.15, 0.2) is 0 Å². The number of aldehydes is 1. The molecule has 4 nitrogen and oxygen atoms in total. The molecule has 4 heteroatoms. The number of alkyl carbamates (subject to hydrolysis) is 1. The molecule has 0 unspecified atom stereocenters. The molecule has 0 heterocycles. The maximum Gasteiger partial charge on any atom is 0.407 e. The van der Waals surface area contributed by atoms with Gasteiger partial charge in [0.1, 0.15) is 11.9 Å².